The molecule has 126 valence electrons. The van der Waals surface area contributed by atoms with Crippen LogP contribution < -0.4 is 0 Å². The predicted octanol–water partition coefficient (Wildman–Crippen LogP) is 4.20. The van der Waals surface area contributed by atoms with Crippen LogP contribution in [0.4, 0.5) is 0 Å². The van der Waals surface area contributed by atoms with Crippen LogP contribution in [-0.2, 0) is 9.84 Å². The van der Waals surface area contributed by atoms with E-state index >= 15 is 0 Å². The number of nitrogens with zero attached hydrogens (tertiary/aromatic N) is 1. The van der Waals surface area contributed by atoms with E-state index in [-0.39, 0.29) is 0 Å². The van der Waals surface area contributed by atoms with Gasteiger partial charge in [0.15, 0.2) is 0 Å². The summed E-state index contributed by atoms with van der Waals surface area (Å²) in [6.07, 6.45) is 3.50. The van der Waals surface area contributed by atoms with Crippen molar-refractivity contribution in [1.82, 2.24) is 9.97 Å². The topological polar surface area (TPSA) is 62.8 Å². The normalized spacial score (nSPS) is 18.2. The van der Waals surface area contributed by atoms with Gasteiger partial charge in [-0.1, -0.05) is 6.07 Å². The summed E-state index contributed by atoms with van der Waals surface area (Å²) in [5, 5.41) is 2.29. The van der Waals surface area contributed by atoms with E-state index in [0.29, 0.717) is 17.4 Å². The van der Waals surface area contributed by atoms with Gasteiger partial charge in [-0.25, -0.2) is 13.4 Å². The smallest absolute Gasteiger partial charge is 0.150 e. The van der Waals surface area contributed by atoms with Gasteiger partial charge in [0.1, 0.15) is 9.84 Å². The highest BCUT2D eigenvalue weighted by Gasteiger charge is 2.26. The predicted molar refractivity (Wildman–Crippen MR) is 99.5 cm³/mol. The third-order valence-corrected chi connectivity index (χ3v) is 7.71. The average molecular weight is 361 g/mol. The summed E-state index contributed by atoms with van der Waals surface area (Å²) in [4.78, 5) is 9.09. The Morgan fingerprint density at radius 3 is 2.62 bits per heavy atom. The molecule has 4 nitrogen and oxygen atoms in total. The first-order valence-corrected chi connectivity index (χ1v) is 10.8. The highest BCUT2D eigenvalue weighted by Crippen LogP contribution is 2.37. The molecule has 3 aromatic rings. The summed E-state index contributed by atoms with van der Waals surface area (Å²) in [5.74, 6) is 0.927. The molecule has 2 aromatic heterocycles. The fourth-order valence-corrected chi connectivity index (χ4v) is 6.03. The Morgan fingerprint density at radius 1 is 1.21 bits per heavy atom. The number of aromatic amines is 1. The lowest BCUT2D eigenvalue weighted by atomic mass is 9.92. The zero-order valence-electron chi connectivity index (χ0n) is 13.8. The minimum absolute atomic E-state index is 0.303. The fraction of sp³-hybridized carbons (Fsp3) is 0.389. The van der Waals surface area contributed by atoms with Crippen molar-refractivity contribution in [2.24, 2.45) is 0 Å². The van der Waals surface area contributed by atoms with E-state index in [9.17, 15) is 8.42 Å². The molecule has 1 aromatic carbocycles. The maximum absolute atomic E-state index is 11.7. The summed E-state index contributed by atoms with van der Waals surface area (Å²) in [7, 11) is -2.83. The molecule has 0 radical (unpaired) electrons. The Morgan fingerprint density at radius 2 is 1.96 bits per heavy atom. The van der Waals surface area contributed by atoms with Gasteiger partial charge in [-0.3, -0.25) is 0 Å². The van der Waals surface area contributed by atoms with Crippen molar-refractivity contribution in [2.45, 2.75) is 32.6 Å². The molecular formula is C18H20N2O2S2. The minimum Gasteiger partial charge on any atom is -0.361 e. The lowest BCUT2D eigenvalue weighted by Crippen LogP contribution is -2.21. The summed E-state index contributed by atoms with van der Waals surface area (Å²) in [6, 6.07) is 6.47. The zero-order valence-corrected chi connectivity index (χ0v) is 15.4. The molecule has 0 amide bonds. The van der Waals surface area contributed by atoms with Crippen molar-refractivity contribution >= 4 is 32.1 Å². The average Bonchev–Trinajstić information content (AvgIpc) is 3.10. The first-order chi connectivity index (χ1) is 11.4. The third kappa shape index (κ3) is 2.78. The van der Waals surface area contributed by atoms with Crippen LogP contribution in [-0.4, -0.2) is 29.9 Å². The number of aryl methyl sites for hydroxylation is 2. The van der Waals surface area contributed by atoms with E-state index in [1.54, 1.807) is 11.3 Å². The second kappa shape index (κ2) is 5.70. The highest BCUT2D eigenvalue weighted by atomic mass is 32.2. The number of aromatic nitrogens is 2. The van der Waals surface area contributed by atoms with Crippen LogP contribution in [0.5, 0.6) is 0 Å². The van der Waals surface area contributed by atoms with Gasteiger partial charge in [-0.15, -0.1) is 11.3 Å². The monoisotopic (exact) mass is 360 g/mol. The van der Waals surface area contributed by atoms with Crippen molar-refractivity contribution in [3.8, 4) is 10.4 Å². The van der Waals surface area contributed by atoms with Crippen LogP contribution in [0, 0.1) is 13.8 Å². The van der Waals surface area contributed by atoms with Crippen LogP contribution in [0.2, 0.25) is 0 Å². The summed E-state index contributed by atoms with van der Waals surface area (Å²) < 4.78 is 23.4. The second-order valence-electron chi connectivity index (χ2n) is 6.58. The summed E-state index contributed by atoms with van der Waals surface area (Å²) in [6.45, 7) is 4.08. The highest BCUT2D eigenvalue weighted by molar-refractivity contribution is 7.91. The van der Waals surface area contributed by atoms with Gasteiger partial charge < -0.3 is 4.98 Å². The van der Waals surface area contributed by atoms with Gasteiger partial charge in [0.25, 0.3) is 0 Å². The Hall–Kier alpha value is -1.66. The minimum atomic E-state index is -2.83. The van der Waals surface area contributed by atoms with Crippen LogP contribution in [0.1, 0.15) is 35.0 Å². The van der Waals surface area contributed by atoms with E-state index < -0.39 is 9.84 Å². The molecule has 1 N–H and O–H groups in total. The van der Waals surface area contributed by atoms with Crippen molar-refractivity contribution in [3.63, 3.8) is 0 Å². The number of hydrogen-bond donors (Lipinski definition) is 1. The molecule has 0 bridgehead atoms. The van der Waals surface area contributed by atoms with E-state index in [1.165, 1.54) is 21.4 Å². The standard InChI is InChI=1S/C18H20N2O2S2/c1-11-18(23-12(2)20-11)14-3-4-17-15(9-14)16(10-19-17)13-5-7-24(21,22)8-6-13/h3-4,9-10,13,19H,5-8H2,1-2H3. The lowest BCUT2D eigenvalue weighted by Gasteiger charge is -2.21. The fourth-order valence-electron chi connectivity index (χ4n) is 3.62. The largest absolute Gasteiger partial charge is 0.361 e. The van der Waals surface area contributed by atoms with E-state index in [0.717, 1.165) is 29.1 Å². The number of thiazole rings is 1. The molecule has 6 heteroatoms. The Labute approximate surface area is 145 Å². The molecule has 0 atom stereocenters. The van der Waals surface area contributed by atoms with Crippen LogP contribution in [0.3, 0.4) is 0 Å². The van der Waals surface area contributed by atoms with E-state index in [1.807, 2.05) is 13.8 Å². The quantitative estimate of drug-likeness (QED) is 0.745. The van der Waals surface area contributed by atoms with Gasteiger partial charge in [0.05, 0.1) is 27.1 Å². The van der Waals surface area contributed by atoms with Crippen molar-refractivity contribution in [1.29, 1.82) is 0 Å². The molecule has 0 unspecified atom stereocenters. The number of fused-ring (bicyclic) bond motifs is 1. The Kier molecular flexibility index (Phi) is 3.77. The summed E-state index contributed by atoms with van der Waals surface area (Å²) in [5.41, 5.74) is 4.62. The molecule has 1 fully saturated rings. The maximum Gasteiger partial charge on any atom is 0.150 e. The Balaban J connectivity index is 1.75. The number of H-pyrrole nitrogens is 1. The molecule has 24 heavy (non-hydrogen) atoms. The van der Waals surface area contributed by atoms with E-state index in [4.69, 9.17) is 0 Å². The molecule has 0 spiro atoms. The van der Waals surface area contributed by atoms with Gasteiger partial charge in [0.2, 0.25) is 0 Å². The van der Waals surface area contributed by atoms with Gasteiger partial charge >= 0.3 is 0 Å². The van der Waals surface area contributed by atoms with Crippen molar-refractivity contribution < 1.29 is 8.42 Å². The molecule has 1 aliphatic rings. The van der Waals surface area contributed by atoms with Crippen molar-refractivity contribution in [2.75, 3.05) is 11.5 Å². The third-order valence-electron chi connectivity index (χ3n) is 4.87. The van der Waals surface area contributed by atoms with Gasteiger partial charge in [-0.2, -0.15) is 0 Å². The second-order valence-corrected chi connectivity index (χ2v) is 10.1. The number of hydrogen-bond acceptors (Lipinski definition) is 4. The molecule has 0 saturated carbocycles. The molecule has 3 heterocycles. The molecule has 4 rings (SSSR count). The number of nitrogens with one attached hydrogen (secondary N) is 1. The number of sulfone groups is 1. The first-order valence-electron chi connectivity index (χ1n) is 8.19. The van der Waals surface area contributed by atoms with Crippen LogP contribution >= 0.6 is 11.3 Å². The number of rotatable bonds is 2. The number of benzene rings is 1. The van der Waals surface area contributed by atoms with Crippen molar-refractivity contribution in [3.05, 3.63) is 40.7 Å². The van der Waals surface area contributed by atoms with E-state index in [2.05, 4.69) is 34.4 Å². The lowest BCUT2D eigenvalue weighted by molar-refractivity contribution is 0.551. The summed E-state index contributed by atoms with van der Waals surface area (Å²) >= 11 is 1.72. The van der Waals surface area contributed by atoms with Crippen LogP contribution in [0.15, 0.2) is 24.4 Å². The zero-order chi connectivity index (χ0) is 16.9. The molecule has 0 aliphatic carbocycles. The molecule has 1 aliphatic heterocycles. The first kappa shape index (κ1) is 15.8. The molecular weight excluding hydrogens is 340 g/mol. The maximum atomic E-state index is 11.7. The Bertz CT molecular complexity index is 1000. The molecule has 1 saturated heterocycles. The van der Waals surface area contributed by atoms with Gasteiger partial charge in [0, 0.05) is 17.1 Å². The van der Waals surface area contributed by atoms with Crippen LogP contribution in [0.25, 0.3) is 21.3 Å². The SMILES string of the molecule is Cc1nc(C)c(-c2ccc3[nH]cc(C4CCS(=O)(=O)CC4)c3c2)s1. The van der Waals surface area contributed by atoms with Gasteiger partial charge in [-0.05, 0) is 55.9 Å².